The Labute approximate surface area is 106 Å². The fourth-order valence-electron chi connectivity index (χ4n) is 2.24. The number of rotatable bonds is 4. The molecule has 0 bridgehead atoms. The second kappa shape index (κ2) is 5.24. The smallest absolute Gasteiger partial charge is 0.126 e. The first-order chi connectivity index (χ1) is 7.74. The van der Waals surface area contributed by atoms with Gasteiger partial charge < -0.3 is 5.32 Å². The van der Waals surface area contributed by atoms with Crippen LogP contribution in [0.2, 0.25) is 5.02 Å². The lowest BCUT2D eigenvalue weighted by Crippen LogP contribution is -2.28. The van der Waals surface area contributed by atoms with Gasteiger partial charge in [-0.1, -0.05) is 24.4 Å². The van der Waals surface area contributed by atoms with Crippen molar-refractivity contribution in [3.8, 4) is 0 Å². The number of pyridine rings is 1. The number of halogens is 2. The van der Waals surface area contributed by atoms with Crippen LogP contribution in [-0.4, -0.2) is 17.4 Å². The fourth-order valence-corrected chi connectivity index (χ4v) is 2.71. The molecule has 0 amide bonds. The van der Waals surface area contributed by atoms with Crippen molar-refractivity contribution in [2.75, 3.05) is 17.7 Å². The van der Waals surface area contributed by atoms with Gasteiger partial charge in [-0.05, 0) is 25.0 Å². The molecule has 1 aromatic heterocycles. The van der Waals surface area contributed by atoms with Gasteiger partial charge in [-0.15, -0.1) is 11.6 Å². The number of hydrogen-bond donors (Lipinski definition) is 1. The van der Waals surface area contributed by atoms with Crippen molar-refractivity contribution >= 4 is 29.0 Å². The van der Waals surface area contributed by atoms with Crippen LogP contribution in [0.3, 0.4) is 0 Å². The van der Waals surface area contributed by atoms with E-state index in [1.807, 2.05) is 12.1 Å². The molecule has 0 aliphatic heterocycles. The van der Waals surface area contributed by atoms with Gasteiger partial charge in [0.15, 0.2) is 0 Å². The van der Waals surface area contributed by atoms with Crippen LogP contribution in [0, 0.1) is 5.41 Å². The first-order valence-electron chi connectivity index (χ1n) is 5.66. The lowest BCUT2D eigenvalue weighted by Gasteiger charge is -2.26. The van der Waals surface area contributed by atoms with Crippen LogP contribution in [0.25, 0.3) is 0 Å². The third kappa shape index (κ3) is 2.80. The highest BCUT2D eigenvalue weighted by Gasteiger charge is 2.32. The molecule has 1 aliphatic rings. The van der Waals surface area contributed by atoms with Gasteiger partial charge in [0.25, 0.3) is 0 Å². The normalized spacial score (nSPS) is 18.6. The summed E-state index contributed by atoms with van der Waals surface area (Å²) in [5.74, 6) is 1.61. The molecule has 4 heteroatoms. The number of anilines is 1. The van der Waals surface area contributed by atoms with Gasteiger partial charge in [0.1, 0.15) is 5.82 Å². The summed E-state index contributed by atoms with van der Waals surface area (Å²) in [6.07, 6.45) is 6.69. The average molecular weight is 259 g/mol. The number of nitrogens with zero attached hydrogens (tertiary/aromatic N) is 1. The minimum atomic E-state index is 0.267. The maximum Gasteiger partial charge on any atom is 0.126 e. The monoisotopic (exact) mass is 258 g/mol. The van der Waals surface area contributed by atoms with Crippen molar-refractivity contribution < 1.29 is 0 Å². The molecule has 1 aromatic rings. The Morgan fingerprint density at radius 3 is 2.62 bits per heavy atom. The summed E-state index contributed by atoms with van der Waals surface area (Å²) in [4.78, 5) is 4.22. The summed E-state index contributed by atoms with van der Waals surface area (Å²) >= 11 is 11.9. The quantitative estimate of drug-likeness (QED) is 0.828. The number of aromatic nitrogens is 1. The summed E-state index contributed by atoms with van der Waals surface area (Å²) < 4.78 is 0. The molecular weight excluding hydrogens is 243 g/mol. The standard InChI is InChI=1S/C12H16Cl2N2/c13-8-12(5-1-2-6-12)9-16-11-4-3-10(14)7-15-11/h3-4,7H,1-2,5-6,8-9H2,(H,15,16). The predicted octanol–water partition coefficient (Wildman–Crippen LogP) is 3.95. The van der Waals surface area contributed by atoms with Crippen LogP contribution in [-0.2, 0) is 0 Å². The predicted molar refractivity (Wildman–Crippen MR) is 69.4 cm³/mol. The second-order valence-corrected chi connectivity index (χ2v) is 5.26. The summed E-state index contributed by atoms with van der Waals surface area (Å²) in [5.41, 5.74) is 0.267. The summed E-state index contributed by atoms with van der Waals surface area (Å²) in [7, 11) is 0. The Kier molecular flexibility index (Phi) is 3.93. The SMILES string of the molecule is ClCC1(CNc2ccc(Cl)cn2)CCCC1. The lowest BCUT2D eigenvalue weighted by molar-refractivity contribution is 0.368. The number of hydrogen-bond acceptors (Lipinski definition) is 2. The Morgan fingerprint density at radius 2 is 2.06 bits per heavy atom. The van der Waals surface area contributed by atoms with Crippen LogP contribution < -0.4 is 5.32 Å². The van der Waals surface area contributed by atoms with Gasteiger partial charge in [-0.3, -0.25) is 0 Å². The topological polar surface area (TPSA) is 24.9 Å². The Hall–Kier alpha value is -0.470. The molecule has 0 aromatic carbocycles. The molecular formula is C12H16Cl2N2. The number of nitrogens with one attached hydrogen (secondary N) is 1. The first-order valence-corrected chi connectivity index (χ1v) is 6.57. The third-order valence-electron chi connectivity index (χ3n) is 3.32. The van der Waals surface area contributed by atoms with Crippen LogP contribution in [0.5, 0.6) is 0 Å². The van der Waals surface area contributed by atoms with Gasteiger partial charge >= 0.3 is 0 Å². The Balaban J connectivity index is 1.93. The van der Waals surface area contributed by atoms with E-state index in [9.17, 15) is 0 Å². The molecule has 0 unspecified atom stereocenters. The van der Waals surface area contributed by atoms with E-state index in [4.69, 9.17) is 23.2 Å². The molecule has 2 nitrogen and oxygen atoms in total. The van der Waals surface area contributed by atoms with E-state index in [1.165, 1.54) is 25.7 Å². The molecule has 0 spiro atoms. The van der Waals surface area contributed by atoms with E-state index in [2.05, 4.69) is 10.3 Å². The van der Waals surface area contributed by atoms with Gasteiger partial charge in [0, 0.05) is 24.0 Å². The lowest BCUT2D eigenvalue weighted by atomic mass is 9.88. The van der Waals surface area contributed by atoms with Crippen molar-refractivity contribution in [1.82, 2.24) is 4.98 Å². The third-order valence-corrected chi connectivity index (χ3v) is 4.11. The highest BCUT2D eigenvalue weighted by atomic mass is 35.5. The fraction of sp³-hybridized carbons (Fsp3) is 0.583. The van der Waals surface area contributed by atoms with Crippen molar-refractivity contribution in [2.24, 2.45) is 5.41 Å². The molecule has 0 radical (unpaired) electrons. The largest absolute Gasteiger partial charge is 0.369 e. The summed E-state index contributed by atoms with van der Waals surface area (Å²) in [6, 6.07) is 3.75. The Bertz CT molecular complexity index is 331. The van der Waals surface area contributed by atoms with Crippen LogP contribution in [0.1, 0.15) is 25.7 Å². The van der Waals surface area contributed by atoms with Crippen molar-refractivity contribution in [3.63, 3.8) is 0 Å². The van der Waals surface area contributed by atoms with Gasteiger partial charge in [-0.2, -0.15) is 0 Å². The molecule has 2 rings (SSSR count). The molecule has 1 N–H and O–H groups in total. The van der Waals surface area contributed by atoms with Gasteiger partial charge in [0.05, 0.1) is 5.02 Å². The molecule has 0 saturated heterocycles. The molecule has 1 saturated carbocycles. The zero-order valence-electron chi connectivity index (χ0n) is 9.18. The molecule has 1 aliphatic carbocycles. The molecule has 1 fully saturated rings. The molecule has 1 heterocycles. The van der Waals surface area contributed by atoms with Crippen LogP contribution in [0.4, 0.5) is 5.82 Å². The zero-order chi connectivity index (χ0) is 11.4. The number of alkyl halides is 1. The Morgan fingerprint density at radius 1 is 1.31 bits per heavy atom. The van der Waals surface area contributed by atoms with E-state index >= 15 is 0 Å². The maximum atomic E-state index is 6.07. The van der Waals surface area contributed by atoms with Crippen molar-refractivity contribution in [1.29, 1.82) is 0 Å². The molecule has 0 atom stereocenters. The van der Waals surface area contributed by atoms with Crippen LogP contribution >= 0.6 is 23.2 Å². The summed E-state index contributed by atoms with van der Waals surface area (Å²) in [6.45, 7) is 0.908. The van der Waals surface area contributed by atoms with Gasteiger partial charge in [0.2, 0.25) is 0 Å². The first kappa shape index (κ1) is 12.0. The summed E-state index contributed by atoms with van der Waals surface area (Å²) in [5, 5.41) is 4.02. The van der Waals surface area contributed by atoms with Crippen molar-refractivity contribution in [3.05, 3.63) is 23.4 Å². The van der Waals surface area contributed by atoms with E-state index in [0.717, 1.165) is 18.2 Å². The minimum absolute atomic E-state index is 0.267. The van der Waals surface area contributed by atoms with Crippen LogP contribution in [0.15, 0.2) is 18.3 Å². The highest BCUT2D eigenvalue weighted by molar-refractivity contribution is 6.30. The molecule has 16 heavy (non-hydrogen) atoms. The van der Waals surface area contributed by atoms with E-state index in [-0.39, 0.29) is 5.41 Å². The second-order valence-electron chi connectivity index (χ2n) is 4.56. The van der Waals surface area contributed by atoms with Crippen molar-refractivity contribution in [2.45, 2.75) is 25.7 Å². The molecule has 88 valence electrons. The average Bonchev–Trinajstić information content (AvgIpc) is 2.78. The van der Waals surface area contributed by atoms with Gasteiger partial charge in [-0.25, -0.2) is 4.98 Å². The minimum Gasteiger partial charge on any atom is -0.369 e. The van der Waals surface area contributed by atoms with E-state index < -0.39 is 0 Å². The van der Waals surface area contributed by atoms with E-state index in [1.54, 1.807) is 6.20 Å². The zero-order valence-corrected chi connectivity index (χ0v) is 10.7. The van der Waals surface area contributed by atoms with E-state index in [0.29, 0.717) is 5.02 Å². The maximum absolute atomic E-state index is 6.07. The highest BCUT2D eigenvalue weighted by Crippen LogP contribution is 2.39.